The summed E-state index contributed by atoms with van der Waals surface area (Å²) < 4.78 is 13.4. The highest BCUT2D eigenvalue weighted by atomic mass is 16.3. The second-order valence-corrected chi connectivity index (χ2v) is 16.8. The summed E-state index contributed by atoms with van der Waals surface area (Å²) in [4.78, 5) is 4.68. The average Bonchev–Trinajstić information content (AvgIpc) is 3.97. The number of fused-ring (bicyclic) bond motifs is 8. The Bertz CT molecular complexity index is 3670. The van der Waals surface area contributed by atoms with E-state index in [1.807, 2.05) is 24.3 Å². The molecule has 0 unspecified atom stereocenters. The van der Waals surface area contributed by atoms with Gasteiger partial charge in [-0.3, -0.25) is 0 Å². The van der Waals surface area contributed by atoms with Crippen LogP contribution in [0.2, 0.25) is 0 Å². The molecule has 2 heterocycles. The summed E-state index contributed by atoms with van der Waals surface area (Å²) >= 11 is 0. The molecule has 0 bridgehead atoms. The van der Waals surface area contributed by atoms with Crippen LogP contribution in [0, 0.1) is 0 Å². The van der Waals surface area contributed by atoms with Crippen molar-refractivity contribution in [3.05, 3.63) is 243 Å². The van der Waals surface area contributed by atoms with E-state index < -0.39 is 0 Å². The molecule has 66 heavy (non-hydrogen) atoms. The highest BCUT2D eigenvalue weighted by Crippen LogP contribution is 2.50. The topological polar surface area (TPSA) is 32.8 Å². The molecular weight excluding hydrogens is 805 g/mol. The first-order chi connectivity index (χ1) is 32.8. The van der Waals surface area contributed by atoms with E-state index in [4.69, 9.17) is 8.83 Å². The summed E-state index contributed by atoms with van der Waals surface area (Å²) in [5.41, 5.74) is 14.2. The van der Waals surface area contributed by atoms with E-state index in [0.29, 0.717) is 0 Å². The van der Waals surface area contributed by atoms with Gasteiger partial charge < -0.3 is 18.6 Å². The molecule has 0 spiro atoms. The second-order valence-electron chi connectivity index (χ2n) is 16.8. The second kappa shape index (κ2) is 15.4. The van der Waals surface area contributed by atoms with Crippen LogP contribution in [0.25, 0.3) is 87.7 Å². The third-order valence-corrected chi connectivity index (χ3v) is 13.0. The average molecular weight is 845 g/mol. The van der Waals surface area contributed by atoms with Crippen molar-refractivity contribution in [2.75, 3.05) is 9.80 Å². The molecule has 0 aliphatic carbocycles. The van der Waals surface area contributed by atoms with Crippen molar-refractivity contribution < 1.29 is 8.83 Å². The Morgan fingerprint density at radius 3 is 1.03 bits per heavy atom. The van der Waals surface area contributed by atoms with Crippen LogP contribution >= 0.6 is 0 Å². The van der Waals surface area contributed by atoms with Crippen molar-refractivity contribution >= 4 is 99.5 Å². The van der Waals surface area contributed by atoms with Gasteiger partial charge in [-0.05, 0) is 117 Å². The lowest BCUT2D eigenvalue weighted by Crippen LogP contribution is -2.10. The van der Waals surface area contributed by atoms with Gasteiger partial charge in [0.25, 0.3) is 0 Å². The van der Waals surface area contributed by atoms with Crippen molar-refractivity contribution in [1.82, 2.24) is 0 Å². The number of anilines is 6. The predicted molar refractivity (Wildman–Crippen MR) is 276 cm³/mol. The molecule has 0 radical (unpaired) electrons. The molecule has 0 atom stereocenters. The first-order valence-corrected chi connectivity index (χ1v) is 22.4. The van der Waals surface area contributed by atoms with Gasteiger partial charge in [0, 0.05) is 44.3 Å². The van der Waals surface area contributed by atoms with Crippen LogP contribution in [0.15, 0.2) is 251 Å². The first-order valence-electron chi connectivity index (χ1n) is 22.4. The Morgan fingerprint density at radius 2 is 0.606 bits per heavy atom. The van der Waals surface area contributed by atoms with Gasteiger partial charge in [0.1, 0.15) is 11.2 Å². The first kappa shape index (κ1) is 37.7. The van der Waals surface area contributed by atoms with Crippen LogP contribution in [0.1, 0.15) is 0 Å². The molecule has 0 saturated heterocycles. The highest BCUT2D eigenvalue weighted by Gasteiger charge is 2.25. The highest BCUT2D eigenvalue weighted by molar-refractivity contribution is 6.23. The fourth-order valence-electron chi connectivity index (χ4n) is 10.1. The molecule has 0 aliphatic heterocycles. The number of hydrogen-bond donors (Lipinski definition) is 0. The summed E-state index contributed by atoms with van der Waals surface area (Å²) in [6, 6.07) is 86.4. The van der Waals surface area contributed by atoms with Gasteiger partial charge in [-0.25, -0.2) is 0 Å². The lowest BCUT2D eigenvalue weighted by molar-refractivity contribution is 0.668. The monoisotopic (exact) mass is 844 g/mol. The normalized spacial score (nSPS) is 11.6. The molecule has 0 amide bonds. The molecular formula is C62H40N2O2. The van der Waals surface area contributed by atoms with Crippen LogP contribution < -0.4 is 9.80 Å². The van der Waals surface area contributed by atoms with Crippen molar-refractivity contribution in [3.63, 3.8) is 0 Å². The van der Waals surface area contributed by atoms with Gasteiger partial charge in [-0.2, -0.15) is 0 Å². The molecule has 0 aliphatic rings. The number of para-hydroxylation sites is 6. The van der Waals surface area contributed by atoms with Crippen LogP contribution in [0.3, 0.4) is 0 Å². The van der Waals surface area contributed by atoms with E-state index >= 15 is 0 Å². The Labute approximate surface area is 381 Å². The predicted octanol–water partition coefficient (Wildman–Crippen LogP) is 18.1. The lowest BCUT2D eigenvalue weighted by atomic mass is 9.85. The molecule has 0 fully saturated rings. The minimum atomic E-state index is 0.850. The van der Waals surface area contributed by atoms with E-state index in [0.717, 1.165) is 111 Å². The maximum Gasteiger partial charge on any atom is 0.159 e. The smallest absolute Gasteiger partial charge is 0.159 e. The number of hydrogen-bond acceptors (Lipinski definition) is 4. The molecule has 310 valence electrons. The SMILES string of the molecule is c1ccc(-c2c3ccc(N(c4ccccc4)c4cccc5c4oc4ccccc45)cc3c(-c3ccccc3)c3ccc(N(c4ccccc4)c4cccc5c4oc4ccccc45)cc23)cc1. The largest absolute Gasteiger partial charge is 0.454 e. The zero-order chi connectivity index (χ0) is 43.6. The summed E-state index contributed by atoms with van der Waals surface area (Å²) in [6.45, 7) is 0. The van der Waals surface area contributed by atoms with Crippen LogP contribution in [0.4, 0.5) is 34.1 Å². The van der Waals surface area contributed by atoms with E-state index in [1.54, 1.807) is 0 Å². The van der Waals surface area contributed by atoms with Gasteiger partial charge in [0.15, 0.2) is 11.2 Å². The van der Waals surface area contributed by atoms with Crippen molar-refractivity contribution in [3.8, 4) is 22.3 Å². The number of nitrogens with zero attached hydrogens (tertiary/aromatic N) is 2. The number of furan rings is 2. The number of rotatable bonds is 8. The summed E-state index contributed by atoms with van der Waals surface area (Å²) in [7, 11) is 0. The molecule has 4 heteroatoms. The Morgan fingerprint density at radius 1 is 0.242 bits per heavy atom. The van der Waals surface area contributed by atoms with Crippen LogP contribution in [-0.4, -0.2) is 0 Å². The van der Waals surface area contributed by atoms with Crippen molar-refractivity contribution in [2.45, 2.75) is 0 Å². The van der Waals surface area contributed by atoms with Crippen molar-refractivity contribution in [2.24, 2.45) is 0 Å². The fraction of sp³-hybridized carbons (Fsp3) is 0. The molecule has 0 saturated carbocycles. The minimum absolute atomic E-state index is 0.850. The van der Waals surface area contributed by atoms with E-state index in [9.17, 15) is 0 Å². The van der Waals surface area contributed by atoms with E-state index in [2.05, 4.69) is 228 Å². The number of benzene rings is 11. The third-order valence-electron chi connectivity index (χ3n) is 13.0. The Kier molecular flexibility index (Phi) is 8.81. The molecule has 0 N–H and O–H groups in total. The lowest BCUT2D eigenvalue weighted by Gasteiger charge is -2.28. The maximum atomic E-state index is 6.70. The van der Waals surface area contributed by atoms with Crippen molar-refractivity contribution in [1.29, 1.82) is 0 Å². The van der Waals surface area contributed by atoms with Gasteiger partial charge in [-0.1, -0.05) is 170 Å². The summed E-state index contributed by atoms with van der Waals surface area (Å²) in [5.74, 6) is 0. The van der Waals surface area contributed by atoms with E-state index in [-0.39, 0.29) is 0 Å². The van der Waals surface area contributed by atoms with Gasteiger partial charge in [0.2, 0.25) is 0 Å². The van der Waals surface area contributed by atoms with Crippen LogP contribution in [0.5, 0.6) is 0 Å². The van der Waals surface area contributed by atoms with Crippen LogP contribution in [-0.2, 0) is 0 Å². The van der Waals surface area contributed by atoms with Gasteiger partial charge >= 0.3 is 0 Å². The quantitative estimate of drug-likeness (QED) is 0.143. The minimum Gasteiger partial charge on any atom is -0.454 e. The Hall–Kier alpha value is -8.86. The van der Waals surface area contributed by atoms with E-state index in [1.165, 1.54) is 11.1 Å². The molecule has 4 nitrogen and oxygen atoms in total. The molecule has 13 rings (SSSR count). The molecule has 2 aromatic heterocycles. The fourth-order valence-corrected chi connectivity index (χ4v) is 10.1. The summed E-state index contributed by atoms with van der Waals surface area (Å²) in [5, 5.41) is 9.01. The summed E-state index contributed by atoms with van der Waals surface area (Å²) in [6.07, 6.45) is 0. The molecule has 13 aromatic rings. The maximum absolute atomic E-state index is 6.70. The van der Waals surface area contributed by atoms with Gasteiger partial charge in [-0.15, -0.1) is 0 Å². The van der Waals surface area contributed by atoms with Gasteiger partial charge in [0.05, 0.1) is 11.4 Å². The zero-order valence-electron chi connectivity index (χ0n) is 35.8. The third kappa shape index (κ3) is 6.07. The molecule has 11 aromatic carbocycles. The zero-order valence-corrected chi connectivity index (χ0v) is 35.8. The Balaban J connectivity index is 1.10. The standard InChI is InChI=1S/C62H40N2O2/c1-5-19-41(20-6-1)59-49-37-35-46(64(44-25-11-4-12-26-44)56-32-18-30-52-48-28-14-16-34-58(48)66-62(52)56)40-54(49)60(42-21-7-2-8-22-42)50-38-36-45(39-53(50)59)63(43-23-9-3-10-24-43)55-31-17-29-51-47-27-13-15-33-57(47)65-61(51)55/h1-40H.